The minimum atomic E-state index is 0.320. The predicted octanol–water partition coefficient (Wildman–Crippen LogP) is 1.50. The first-order valence-corrected chi connectivity index (χ1v) is 7.07. The summed E-state index contributed by atoms with van der Waals surface area (Å²) in [5.74, 6) is 0. The van der Waals surface area contributed by atoms with Crippen molar-refractivity contribution in [1.82, 2.24) is 14.7 Å². The Morgan fingerprint density at radius 3 is 2.06 bits per heavy atom. The minimum absolute atomic E-state index is 0.320. The van der Waals surface area contributed by atoms with Crippen LogP contribution >= 0.6 is 0 Å². The van der Waals surface area contributed by atoms with E-state index in [2.05, 4.69) is 49.4 Å². The van der Waals surface area contributed by atoms with Crippen LogP contribution in [0.3, 0.4) is 0 Å². The topological polar surface area (TPSA) is 9.72 Å². The minimum Gasteiger partial charge on any atom is -0.304 e. The summed E-state index contributed by atoms with van der Waals surface area (Å²) < 4.78 is 0. The molecule has 2 fully saturated rings. The Balaban J connectivity index is 1.92. The van der Waals surface area contributed by atoms with E-state index in [0.29, 0.717) is 5.54 Å². The molecule has 0 aromatic carbocycles. The summed E-state index contributed by atoms with van der Waals surface area (Å²) in [4.78, 5) is 7.83. The fourth-order valence-electron chi connectivity index (χ4n) is 3.39. The Labute approximate surface area is 107 Å². The molecule has 100 valence electrons. The summed E-state index contributed by atoms with van der Waals surface area (Å²) >= 11 is 0. The lowest BCUT2D eigenvalue weighted by molar-refractivity contribution is 0.0943. The van der Waals surface area contributed by atoms with Crippen molar-refractivity contribution >= 4 is 0 Å². The number of hydrogen-bond donors (Lipinski definition) is 0. The van der Waals surface area contributed by atoms with Crippen LogP contribution in [0.5, 0.6) is 0 Å². The number of likely N-dealkylation sites (tertiary alicyclic amines) is 1. The van der Waals surface area contributed by atoms with Crippen molar-refractivity contribution in [3.05, 3.63) is 0 Å². The standard InChI is InChI=1S/C14H29N3/c1-12-10-13(11-17(12)14(2,3)4)16-8-6-15(5)7-9-16/h12-13H,6-11H2,1-5H3/t12-,13?/m0/s1. The Kier molecular flexibility index (Phi) is 3.81. The highest BCUT2D eigenvalue weighted by molar-refractivity contribution is 4.95. The second kappa shape index (κ2) is 4.87. The van der Waals surface area contributed by atoms with Gasteiger partial charge in [0.2, 0.25) is 0 Å². The molecule has 3 nitrogen and oxygen atoms in total. The maximum atomic E-state index is 2.71. The van der Waals surface area contributed by atoms with Gasteiger partial charge in [0.05, 0.1) is 0 Å². The van der Waals surface area contributed by atoms with Crippen LogP contribution in [0, 0.1) is 0 Å². The average molecular weight is 239 g/mol. The van der Waals surface area contributed by atoms with Gasteiger partial charge in [0.1, 0.15) is 0 Å². The first kappa shape index (κ1) is 13.3. The summed E-state index contributed by atoms with van der Waals surface area (Å²) in [5.41, 5.74) is 0.320. The lowest BCUT2D eigenvalue weighted by Crippen LogP contribution is -2.50. The Bertz CT molecular complexity index is 251. The van der Waals surface area contributed by atoms with Crippen molar-refractivity contribution in [1.29, 1.82) is 0 Å². The molecule has 3 heteroatoms. The van der Waals surface area contributed by atoms with E-state index in [-0.39, 0.29) is 0 Å². The smallest absolute Gasteiger partial charge is 0.0239 e. The third-order valence-corrected chi connectivity index (χ3v) is 4.47. The molecule has 2 aliphatic heterocycles. The molecule has 0 spiro atoms. The summed E-state index contributed by atoms with van der Waals surface area (Å²) in [6.07, 6.45) is 1.35. The van der Waals surface area contributed by atoms with Gasteiger partial charge in [-0.1, -0.05) is 0 Å². The van der Waals surface area contributed by atoms with Gasteiger partial charge < -0.3 is 4.90 Å². The molecule has 0 amide bonds. The molecule has 2 heterocycles. The normalized spacial score (nSPS) is 34.4. The van der Waals surface area contributed by atoms with Crippen LogP contribution in [0.2, 0.25) is 0 Å². The van der Waals surface area contributed by atoms with Crippen molar-refractivity contribution < 1.29 is 0 Å². The molecular weight excluding hydrogens is 210 g/mol. The van der Waals surface area contributed by atoms with Gasteiger partial charge in [-0.15, -0.1) is 0 Å². The molecule has 0 N–H and O–H groups in total. The fourth-order valence-corrected chi connectivity index (χ4v) is 3.39. The Morgan fingerprint density at radius 2 is 1.59 bits per heavy atom. The monoisotopic (exact) mass is 239 g/mol. The zero-order valence-corrected chi connectivity index (χ0v) is 12.2. The molecule has 0 aromatic heterocycles. The van der Waals surface area contributed by atoms with Crippen LogP contribution in [0.25, 0.3) is 0 Å². The van der Waals surface area contributed by atoms with E-state index < -0.39 is 0 Å². The van der Waals surface area contributed by atoms with E-state index in [9.17, 15) is 0 Å². The molecule has 0 radical (unpaired) electrons. The van der Waals surface area contributed by atoms with Crippen LogP contribution in [0.15, 0.2) is 0 Å². The Hall–Kier alpha value is -0.120. The highest BCUT2D eigenvalue weighted by Gasteiger charge is 2.38. The molecule has 0 bridgehead atoms. The number of piperazine rings is 1. The lowest BCUT2D eigenvalue weighted by atomic mass is 10.1. The third kappa shape index (κ3) is 3.01. The van der Waals surface area contributed by atoms with Crippen LogP contribution in [0.1, 0.15) is 34.1 Å². The zero-order valence-electron chi connectivity index (χ0n) is 12.2. The summed E-state index contributed by atoms with van der Waals surface area (Å²) in [7, 11) is 2.23. The number of likely N-dealkylation sites (N-methyl/N-ethyl adjacent to an activating group) is 1. The van der Waals surface area contributed by atoms with Crippen LogP contribution < -0.4 is 0 Å². The van der Waals surface area contributed by atoms with Crippen molar-refractivity contribution in [2.24, 2.45) is 0 Å². The van der Waals surface area contributed by atoms with E-state index in [0.717, 1.165) is 12.1 Å². The van der Waals surface area contributed by atoms with E-state index >= 15 is 0 Å². The second-order valence-corrected chi connectivity index (χ2v) is 6.90. The number of hydrogen-bond acceptors (Lipinski definition) is 3. The SMILES string of the molecule is C[C@H]1CC(N2CCN(C)CC2)CN1C(C)(C)C. The zero-order chi connectivity index (χ0) is 12.6. The van der Waals surface area contributed by atoms with Crippen molar-refractivity contribution in [2.45, 2.75) is 51.7 Å². The molecule has 2 atom stereocenters. The Morgan fingerprint density at radius 1 is 1.00 bits per heavy atom. The van der Waals surface area contributed by atoms with Crippen LogP contribution in [-0.2, 0) is 0 Å². The molecule has 2 rings (SSSR count). The van der Waals surface area contributed by atoms with E-state index in [1.54, 1.807) is 0 Å². The molecule has 0 saturated carbocycles. The summed E-state index contributed by atoms with van der Waals surface area (Å²) in [6.45, 7) is 15.7. The highest BCUT2D eigenvalue weighted by Crippen LogP contribution is 2.29. The summed E-state index contributed by atoms with van der Waals surface area (Å²) in [5, 5.41) is 0. The molecule has 0 aliphatic carbocycles. The fraction of sp³-hybridized carbons (Fsp3) is 1.00. The molecule has 2 saturated heterocycles. The van der Waals surface area contributed by atoms with E-state index in [1.165, 1.54) is 39.1 Å². The van der Waals surface area contributed by atoms with Gasteiger partial charge in [-0.05, 0) is 41.2 Å². The van der Waals surface area contributed by atoms with Crippen LogP contribution in [-0.4, -0.2) is 72.1 Å². The van der Waals surface area contributed by atoms with E-state index in [4.69, 9.17) is 0 Å². The molecular formula is C14H29N3. The molecule has 2 aliphatic rings. The third-order valence-electron chi connectivity index (χ3n) is 4.47. The maximum absolute atomic E-state index is 2.71. The van der Waals surface area contributed by atoms with Gasteiger partial charge in [0.15, 0.2) is 0 Å². The van der Waals surface area contributed by atoms with Gasteiger partial charge in [-0.2, -0.15) is 0 Å². The van der Waals surface area contributed by atoms with Gasteiger partial charge >= 0.3 is 0 Å². The molecule has 0 aromatic rings. The van der Waals surface area contributed by atoms with Gasteiger partial charge in [-0.25, -0.2) is 0 Å². The number of nitrogens with zero attached hydrogens (tertiary/aromatic N) is 3. The predicted molar refractivity (Wildman–Crippen MR) is 73.4 cm³/mol. The van der Waals surface area contributed by atoms with Crippen LogP contribution in [0.4, 0.5) is 0 Å². The van der Waals surface area contributed by atoms with Gasteiger partial charge in [0.25, 0.3) is 0 Å². The number of rotatable bonds is 1. The van der Waals surface area contributed by atoms with Crippen molar-refractivity contribution in [2.75, 3.05) is 39.8 Å². The first-order valence-electron chi connectivity index (χ1n) is 7.07. The van der Waals surface area contributed by atoms with Crippen molar-refractivity contribution in [3.8, 4) is 0 Å². The molecule has 1 unspecified atom stereocenters. The lowest BCUT2D eigenvalue weighted by Gasteiger charge is -2.38. The average Bonchev–Trinajstić information content (AvgIpc) is 2.61. The van der Waals surface area contributed by atoms with Crippen molar-refractivity contribution in [3.63, 3.8) is 0 Å². The highest BCUT2D eigenvalue weighted by atomic mass is 15.3. The quantitative estimate of drug-likeness (QED) is 0.686. The summed E-state index contributed by atoms with van der Waals surface area (Å²) in [6, 6.07) is 1.53. The molecule has 17 heavy (non-hydrogen) atoms. The second-order valence-electron chi connectivity index (χ2n) is 6.90. The van der Waals surface area contributed by atoms with E-state index in [1.807, 2.05) is 0 Å². The maximum Gasteiger partial charge on any atom is 0.0239 e. The van der Waals surface area contributed by atoms with Gasteiger partial charge in [0, 0.05) is 50.3 Å². The first-order chi connectivity index (χ1) is 7.88. The largest absolute Gasteiger partial charge is 0.304 e. The van der Waals surface area contributed by atoms with Gasteiger partial charge in [-0.3, -0.25) is 9.80 Å².